The number of imidazole rings is 1. The van der Waals surface area contributed by atoms with Crippen LogP contribution in [0.1, 0.15) is 42.0 Å². The summed E-state index contributed by atoms with van der Waals surface area (Å²) in [5.41, 5.74) is 5.16. The van der Waals surface area contributed by atoms with Crippen molar-refractivity contribution in [3.63, 3.8) is 0 Å². The summed E-state index contributed by atoms with van der Waals surface area (Å²) in [5.74, 6) is 0.896. The number of H-pyrrole nitrogens is 1. The summed E-state index contributed by atoms with van der Waals surface area (Å²) in [6.07, 6.45) is 2.59. The molecule has 0 amide bonds. The molecule has 2 saturated heterocycles. The van der Waals surface area contributed by atoms with E-state index in [1.165, 1.54) is 5.69 Å². The lowest BCUT2D eigenvalue weighted by Gasteiger charge is -2.41. The van der Waals surface area contributed by atoms with Crippen LogP contribution in [0.3, 0.4) is 0 Å². The molecule has 2 aromatic heterocycles. The van der Waals surface area contributed by atoms with E-state index >= 15 is 0 Å². The van der Waals surface area contributed by atoms with Crippen molar-refractivity contribution in [1.82, 2.24) is 24.8 Å². The van der Waals surface area contributed by atoms with Crippen molar-refractivity contribution >= 4 is 28.3 Å². The minimum atomic E-state index is -0.424. The highest BCUT2D eigenvalue weighted by Crippen LogP contribution is 2.41. The lowest BCUT2D eigenvalue weighted by molar-refractivity contribution is 0.00963. The number of anilines is 1. The topological polar surface area (TPSA) is 71.5 Å². The fraction of sp³-hybridized carbons (Fsp3) is 0.500. The molecule has 170 valence electrons. The Hall–Kier alpha value is -2.19. The number of aliphatic hydroxyl groups is 1. The van der Waals surface area contributed by atoms with Crippen LogP contribution < -0.4 is 4.90 Å². The van der Waals surface area contributed by atoms with E-state index in [0.29, 0.717) is 17.9 Å². The standard InChI is InChI=1S/C24H31ClN6O/c1-15-17(25)7-8-26-22(15)20-13-16(32)14-21(30(20)3)24-27-18-5-4-6-19(23(18)28-24)31-11-9-29(2)10-12-31/h4-8,16,20-21,32H,9-14H2,1-3H3,(H,27,28)/t16?,20-,21+/m0/s1. The summed E-state index contributed by atoms with van der Waals surface area (Å²) in [6, 6.07) is 8.09. The summed E-state index contributed by atoms with van der Waals surface area (Å²) in [7, 11) is 4.27. The Bertz CT molecular complexity index is 1110. The summed E-state index contributed by atoms with van der Waals surface area (Å²) < 4.78 is 0. The molecule has 32 heavy (non-hydrogen) atoms. The normalized spacial score (nSPS) is 25.5. The van der Waals surface area contributed by atoms with Gasteiger partial charge in [-0.2, -0.15) is 0 Å². The number of aliphatic hydroxyl groups excluding tert-OH is 1. The predicted octanol–water partition coefficient (Wildman–Crippen LogP) is 3.54. The van der Waals surface area contributed by atoms with Gasteiger partial charge in [0.25, 0.3) is 0 Å². The van der Waals surface area contributed by atoms with E-state index in [4.69, 9.17) is 16.6 Å². The van der Waals surface area contributed by atoms with Crippen molar-refractivity contribution in [2.75, 3.05) is 45.2 Å². The predicted molar refractivity (Wildman–Crippen MR) is 128 cm³/mol. The number of nitrogens with one attached hydrogen (secondary N) is 1. The molecule has 2 aliphatic heterocycles. The third-order valence-corrected chi connectivity index (χ3v) is 7.55. The molecule has 2 aliphatic rings. The number of pyridine rings is 1. The molecule has 1 unspecified atom stereocenters. The molecule has 8 heteroatoms. The number of aromatic amines is 1. The van der Waals surface area contributed by atoms with Gasteiger partial charge in [-0.25, -0.2) is 4.98 Å². The zero-order valence-electron chi connectivity index (χ0n) is 18.9. The quantitative estimate of drug-likeness (QED) is 0.630. The van der Waals surface area contributed by atoms with Gasteiger partial charge in [-0.15, -0.1) is 0 Å². The molecule has 7 nitrogen and oxygen atoms in total. The zero-order valence-corrected chi connectivity index (χ0v) is 19.7. The van der Waals surface area contributed by atoms with Gasteiger partial charge in [0, 0.05) is 37.4 Å². The Kier molecular flexibility index (Phi) is 5.84. The Morgan fingerprint density at radius 3 is 2.59 bits per heavy atom. The van der Waals surface area contributed by atoms with Gasteiger partial charge in [0.15, 0.2) is 0 Å². The van der Waals surface area contributed by atoms with Crippen molar-refractivity contribution in [2.45, 2.75) is 38.0 Å². The molecule has 0 aliphatic carbocycles. The van der Waals surface area contributed by atoms with Crippen LogP contribution in [0.25, 0.3) is 11.0 Å². The van der Waals surface area contributed by atoms with Gasteiger partial charge >= 0.3 is 0 Å². The zero-order chi connectivity index (χ0) is 22.4. The van der Waals surface area contributed by atoms with Crippen LogP contribution in [0, 0.1) is 6.92 Å². The molecule has 3 aromatic rings. The van der Waals surface area contributed by atoms with E-state index in [9.17, 15) is 5.11 Å². The van der Waals surface area contributed by atoms with Crippen molar-refractivity contribution in [3.8, 4) is 0 Å². The number of halogens is 1. The molecule has 0 radical (unpaired) electrons. The fourth-order valence-corrected chi connectivity index (χ4v) is 5.29. The molecule has 0 saturated carbocycles. The summed E-state index contributed by atoms with van der Waals surface area (Å²) in [5, 5.41) is 11.5. The molecule has 0 spiro atoms. The largest absolute Gasteiger partial charge is 0.393 e. The van der Waals surface area contributed by atoms with Gasteiger partial charge in [0.2, 0.25) is 0 Å². The second-order valence-corrected chi connectivity index (χ2v) is 9.62. The Labute approximate surface area is 194 Å². The Morgan fingerprint density at radius 1 is 1.06 bits per heavy atom. The van der Waals surface area contributed by atoms with Gasteiger partial charge in [0.1, 0.15) is 5.82 Å². The fourth-order valence-electron chi connectivity index (χ4n) is 5.14. The van der Waals surface area contributed by atoms with E-state index in [1.54, 1.807) is 6.20 Å². The van der Waals surface area contributed by atoms with Crippen LogP contribution in [0.4, 0.5) is 5.69 Å². The summed E-state index contributed by atoms with van der Waals surface area (Å²) in [6.45, 7) is 6.13. The number of likely N-dealkylation sites (tertiary alicyclic amines) is 1. The third kappa shape index (κ3) is 3.88. The molecule has 4 heterocycles. The summed E-state index contributed by atoms with van der Waals surface area (Å²) >= 11 is 6.38. The van der Waals surface area contributed by atoms with Crippen LogP contribution >= 0.6 is 11.6 Å². The average molecular weight is 455 g/mol. The van der Waals surface area contributed by atoms with Crippen LogP contribution in [-0.2, 0) is 0 Å². The van der Waals surface area contributed by atoms with Crippen molar-refractivity contribution in [1.29, 1.82) is 0 Å². The van der Waals surface area contributed by atoms with E-state index in [2.05, 4.69) is 57.0 Å². The van der Waals surface area contributed by atoms with Gasteiger partial charge in [-0.05, 0) is 57.6 Å². The number of piperidine rings is 1. The smallest absolute Gasteiger partial charge is 0.124 e. The number of hydrogen-bond donors (Lipinski definition) is 2. The summed E-state index contributed by atoms with van der Waals surface area (Å²) in [4.78, 5) is 20.3. The first-order valence-electron chi connectivity index (χ1n) is 11.4. The maximum absolute atomic E-state index is 10.8. The van der Waals surface area contributed by atoms with E-state index in [0.717, 1.165) is 54.3 Å². The maximum Gasteiger partial charge on any atom is 0.124 e. The second-order valence-electron chi connectivity index (χ2n) is 9.21. The van der Waals surface area contributed by atoms with Gasteiger partial charge in [-0.3, -0.25) is 9.88 Å². The minimum absolute atomic E-state index is 0.0206. The Balaban J connectivity index is 1.49. The van der Waals surface area contributed by atoms with Crippen LogP contribution in [0.15, 0.2) is 30.5 Å². The lowest BCUT2D eigenvalue weighted by atomic mass is 9.90. The molecule has 5 rings (SSSR count). The van der Waals surface area contributed by atoms with Crippen LogP contribution in [0.5, 0.6) is 0 Å². The van der Waals surface area contributed by atoms with Gasteiger partial charge < -0.3 is 19.9 Å². The SMILES string of the molecule is Cc1c(Cl)ccnc1[C@@H]1CC(O)C[C@H](c2nc3cccc(N4CCN(C)CC4)c3[nH]2)N1C. The van der Waals surface area contributed by atoms with E-state index in [1.807, 2.05) is 13.0 Å². The third-order valence-electron chi connectivity index (χ3n) is 7.14. The van der Waals surface area contributed by atoms with E-state index in [-0.39, 0.29) is 12.1 Å². The number of hydrogen-bond acceptors (Lipinski definition) is 6. The van der Waals surface area contributed by atoms with Gasteiger partial charge in [0.05, 0.1) is 40.6 Å². The number of benzene rings is 1. The number of likely N-dealkylation sites (N-methyl/N-ethyl adjacent to an activating group) is 1. The number of piperazine rings is 1. The highest BCUT2D eigenvalue weighted by molar-refractivity contribution is 6.31. The van der Waals surface area contributed by atoms with Crippen molar-refractivity contribution < 1.29 is 5.11 Å². The first-order valence-corrected chi connectivity index (χ1v) is 11.7. The molecule has 1 aromatic carbocycles. The van der Waals surface area contributed by atoms with Crippen LogP contribution in [0.2, 0.25) is 5.02 Å². The highest BCUT2D eigenvalue weighted by Gasteiger charge is 2.37. The van der Waals surface area contributed by atoms with Crippen LogP contribution in [-0.4, -0.2) is 76.2 Å². The minimum Gasteiger partial charge on any atom is -0.393 e. The number of para-hydroxylation sites is 1. The molecular formula is C24H31ClN6O. The number of aromatic nitrogens is 3. The number of fused-ring (bicyclic) bond motifs is 1. The highest BCUT2D eigenvalue weighted by atomic mass is 35.5. The van der Waals surface area contributed by atoms with Gasteiger partial charge in [-0.1, -0.05) is 17.7 Å². The number of rotatable bonds is 3. The van der Waals surface area contributed by atoms with E-state index < -0.39 is 6.10 Å². The first kappa shape index (κ1) is 21.6. The molecule has 2 N–H and O–H groups in total. The molecule has 3 atom stereocenters. The van der Waals surface area contributed by atoms with Crippen molar-refractivity contribution in [3.05, 3.63) is 52.6 Å². The van der Waals surface area contributed by atoms with Crippen molar-refractivity contribution in [2.24, 2.45) is 0 Å². The molecular weight excluding hydrogens is 424 g/mol. The second kappa shape index (κ2) is 8.63. The lowest BCUT2D eigenvalue weighted by Crippen LogP contribution is -2.44. The molecule has 2 fully saturated rings. The Morgan fingerprint density at radius 2 is 1.81 bits per heavy atom. The maximum atomic E-state index is 10.8. The molecule has 0 bridgehead atoms. The first-order chi connectivity index (χ1) is 15.4. The number of nitrogens with zero attached hydrogens (tertiary/aromatic N) is 5. The average Bonchev–Trinajstić information content (AvgIpc) is 3.22. The monoisotopic (exact) mass is 454 g/mol.